The van der Waals surface area contributed by atoms with Crippen LogP contribution in [0.5, 0.6) is 0 Å². The Kier molecular flexibility index (Phi) is 4.63. The van der Waals surface area contributed by atoms with Crippen molar-refractivity contribution in [2.45, 2.75) is 24.7 Å². The molecular formula is C19H19NO4S. The van der Waals surface area contributed by atoms with E-state index in [4.69, 9.17) is 0 Å². The quantitative estimate of drug-likeness (QED) is 0.670. The molecule has 2 aromatic rings. The largest absolute Gasteiger partial charge is 0.505 e. The Morgan fingerprint density at radius 2 is 1.68 bits per heavy atom. The fourth-order valence-corrected chi connectivity index (χ4v) is 4.56. The normalized spacial score (nSPS) is 18.0. The number of allylic oxidation sites excluding steroid dienone is 1. The van der Waals surface area contributed by atoms with Gasteiger partial charge >= 0.3 is 0 Å². The number of unbranched alkanes of at least 4 members (excludes halogenated alkanes) is 1. The molecular weight excluding hydrogens is 338 g/mol. The zero-order valence-corrected chi connectivity index (χ0v) is 14.7. The third-order valence-corrected chi connectivity index (χ3v) is 6.01. The highest BCUT2D eigenvalue weighted by atomic mass is 32.2. The highest BCUT2D eigenvalue weighted by molar-refractivity contribution is 7.89. The maximum absolute atomic E-state index is 13.0. The molecule has 0 unspecified atom stereocenters. The summed E-state index contributed by atoms with van der Waals surface area (Å²) >= 11 is 0. The molecule has 1 aliphatic rings. The Labute approximate surface area is 147 Å². The molecule has 0 radical (unpaired) electrons. The number of aliphatic hydroxyl groups is 1. The minimum Gasteiger partial charge on any atom is -0.505 e. The zero-order valence-electron chi connectivity index (χ0n) is 13.8. The van der Waals surface area contributed by atoms with Crippen LogP contribution < -0.4 is 0 Å². The van der Waals surface area contributed by atoms with Crippen LogP contribution in [0.25, 0.3) is 5.76 Å². The molecule has 0 bridgehead atoms. The van der Waals surface area contributed by atoms with Gasteiger partial charge in [0.25, 0.3) is 10.0 Å². The van der Waals surface area contributed by atoms with Gasteiger partial charge in [-0.15, -0.1) is 0 Å². The molecule has 0 fully saturated rings. The summed E-state index contributed by atoms with van der Waals surface area (Å²) in [7, 11) is -3.90. The molecule has 0 saturated heterocycles. The maximum Gasteiger partial charge on any atom is 0.265 e. The number of carbonyl (C=O) groups excluding carboxylic acids is 1. The van der Waals surface area contributed by atoms with Gasteiger partial charge in [0, 0.05) is 17.7 Å². The van der Waals surface area contributed by atoms with E-state index in [0.717, 1.165) is 10.7 Å². The summed E-state index contributed by atoms with van der Waals surface area (Å²) in [6.07, 6.45) is 1.35. The first kappa shape index (κ1) is 17.2. The number of fused-ring (bicyclic) bond motifs is 1. The molecule has 130 valence electrons. The third kappa shape index (κ3) is 2.93. The summed E-state index contributed by atoms with van der Waals surface area (Å²) in [5.74, 6) is -0.803. The standard InChI is InChI=1S/C19H19NO4S/c1-2-3-13-20-17(18(21)14-9-5-4-6-10-14)19(22)15-11-7-8-12-16(15)25(20,23)24/h4-12,21H,2-3,13H2,1H3. The van der Waals surface area contributed by atoms with E-state index in [0.29, 0.717) is 12.0 Å². The first-order valence-electron chi connectivity index (χ1n) is 8.13. The SMILES string of the molecule is CCCCN1C(=C(O)c2ccccc2)C(=O)c2ccccc2S1(=O)=O. The van der Waals surface area contributed by atoms with E-state index < -0.39 is 15.8 Å². The van der Waals surface area contributed by atoms with Gasteiger partial charge in [-0.2, -0.15) is 0 Å². The predicted octanol–water partition coefficient (Wildman–Crippen LogP) is 3.60. The molecule has 25 heavy (non-hydrogen) atoms. The molecule has 3 rings (SSSR count). The molecule has 6 heteroatoms. The highest BCUT2D eigenvalue weighted by Gasteiger charge is 2.41. The zero-order chi connectivity index (χ0) is 18.0. The van der Waals surface area contributed by atoms with Crippen molar-refractivity contribution in [3.8, 4) is 0 Å². The van der Waals surface area contributed by atoms with Crippen LogP contribution in [-0.2, 0) is 10.0 Å². The van der Waals surface area contributed by atoms with Crippen molar-refractivity contribution in [1.82, 2.24) is 4.31 Å². The van der Waals surface area contributed by atoms with Gasteiger partial charge in [0.05, 0.1) is 4.90 Å². The number of sulfonamides is 1. The first-order valence-corrected chi connectivity index (χ1v) is 9.57. The second-order valence-electron chi connectivity index (χ2n) is 5.82. The Morgan fingerprint density at radius 1 is 1.04 bits per heavy atom. The van der Waals surface area contributed by atoms with Crippen molar-refractivity contribution >= 4 is 21.6 Å². The average Bonchev–Trinajstić information content (AvgIpc) is 2.64. The van der Waals surface area contributed by atoms with E-state index in [9.17, 15) is 18.3 Å². The lowest BCUT2D eigenvalue weighted by Crippen LogP contribution is -2.40. The fraction of sp³-hybridized carbons (Fsp3) is 0.211. The summed E-state index contributed by atoms with van der Waals surface area (Å²) in [6, 6.07) is 14.6. The Morgan fingerprint density at radius 3 is 2.36 bits per heavy atom. The third-order valence-electron chi connectivity index (χ3n) is 4.15. The summed E-state index contributed by atoms with van der Waals surface area (Å²) in [5.41, 5.74) is 0.313. The van der Waals surface area contributed by atoms with Crippen molar-refractivity contribution in [3.05, 3.63) is 71.4 Å². The maximum atomic E-state index is 13.0. The van der Waals surface area contributed by atoms with E-state index in [2.05, 4.69) is 0 Å². The number of rotatable bonds is 4. The van der Waals surface area contributed by atoms with Crippen molar-refractivity contribution < 1.29 is 18.3 Å². The van der Waals surface area contributed by atoms with Gasteiger partial charge in [-0.05, 0) is 18.6 Å². The molecule has 0 aliphatic carbocycles. The number of nitrogens with zero attached hydrogens (tertiary/aromatic N) is 1. The minimum absolute atomic E-state index is 0.0132. The lowest BCUT2D eigenvalue weighted by Gasteiger charge is -2.31. The topological polar surface area (TPSA) is 74.7 Å². The molecule has 5 nitrogen and oxygen atoms in total. The average molecular weight is 357 g/mol. The molecule has 0 saturated carbocycles. The monoisotopic (exact) mass is 357 g/mol. The molecule has 0 spiro atoms. The molecule has 1 N–H and O–H groups in total. The molecule has 0 aromatic heterocycles. The van der Waals surface area contributed by atoms with Crippen LogP contribution in [0.4, 0.5) is 0 Å². The summed E-state index contributed by atoms with van der Waals surface area (Å²) in [5, 5.41) is 10.7. The number of Topliss-reactive ketones (excluding diaryl/α,β-unsaturated/α-hetero) is 1. The number of benzene rings is 2. The van der Waals surface area contributed by atoms with Gasteiger partial charge in [0.15, 0.2) is 5.76 Å². The van der Waals surface area contributed by atoms with Crippen molar-refractivity contribution in [3.63, 3.8) is 0 Å². The number of hydrogen-bond donors (Lipinski definition) is 1. The smallest absolute Gasteiger partial charge is 0.265 e. The number of ketones is 1. The summed E-state index contributed by atoms with van der Waals surface area (Å²) < 4.78 is 27.1. The van der Waals surface area contributed by atoms with Crippen molar-refractivity contribution in [2.75, 3.05) is 6.54 Å². The number of aliphatic hydroxyl groups excluding tert-OH is 1. The van der Waals surface area contributed by atoms with Crippen LogP contribution >= 0.6 is 0 Å². The van der Waals surface area contributed by atoms with E-state index in [-0.39, 0.29) is 28.5 Å². The lowest BCUT2D eigenvalue weighted by molar-refractivity contribution is 0.0998. The number of hydrogen-bond acceptors (Lipinski definition) is 4. The first-order chi connectivity index (χ1) is 12.0. The van der Waals surface area contributed by atoms with Crippen LogP contribution in [0.2, 0.25) is 0 Å². The van der Waals surface area contributed by atoms with Crippen LogP contribution in [0.1, 0.15) is 35.7 Å². The van der Waals surface area contributed by atoms with E-state index in [1.165, 1.54) is 12.1 Å². The molecule has 0 amide bonds. The predicted molar refractivity (Wildman–Crippen MR) is 95.6 cm³/mol. The van der Waals surface area contributed by atoms with Crippen molar-refractivity contribution in [1.29, 1.82) is 0 Å². The summed E-state index contributed by atoms with van der Waals surface area (Å²) in [4.78, 5) is 13.0. The van der Waals surface area contributed by atoms with Gasteiger partial charge in [-0.1, -0.05) is 55.8 Å². The highest BCUT2D eigenvalue weighted by Crippen LogP contribution is 2.35. The Hall–Kier alpha value is -2.60. The van der Waals surface area contributed by atoms with Crippen LogP contribution in [0.15, 0.2) is 65.2 Å². The van der Waals surface area contributed by atoms with Crippen molar-refractivity contribution in [2.24, 2.45) is 0 Å². The van der Waals surface area contributed by atoms with E-state index >= 15 is 0 Å². The molecule has 2 aromatic carbocycles. The second-order valence-corrected chi connectivity index (χ2v) is 7.65. The Balaban J connectivity index is 2.27. The fourth-order valence-electron chi connectivity index (χ4n) is 2.85. The van der Waals surface area contributed by atoms with Gasteiger partial charge in [-0.3, -0.25) is 9.10 Å². The molecule has 1 heterocycles. The van der Waals surface area contributed by atoms with Crippen LogP contribution in [0.3, 0.4) is 0 Å². The van der Waals surface area contributed by atoms with Crippen LogP contribution in [0, 0.1) is 0 Å². The minimum atomic E-state index is -3.90. The van der Waals surface area contributed by atoms with Gasteiger partial charge < -0.3 is 5.11 Å². The van der Waals surface area contributed by atoms with Gasteiger partial charge in [0.2, 0.25) is 5.78 Å². The summed E-state index contributed by atoms with van der Waals surface area (Å²) in [6.45, 7) is 2.08. The van der Waals surface area contributed by atoms with Gasteiger partial charge in [0.1, 0.15) is 5.70 Å². The molecule has 1 aliphatic heterocycles. The van der Waals surface area contributed by atoms with Gasteiger partial charge in [-0.25, -0.2) is 8.42 Å². The van der Waals surface area contributed by atoms with Crippen LogP contribution in [-0.4, -0.2) is 30.2 Å². The lowest BCUT2D eigenvalue weighted by atomic mass is 10.0. The van der Waals surface area contributed by atoms with E-state index in [1.54, 1.807) is 42.5 Å². The second kappa shape index (κ2) is 6.72. The Bertz CT molecular complexity index is 933. The molecule has 0 atom stereocenters. The van der Waals surface area contributed by atoms with E-state index in [1.807, 2.05) is 6.92 Å². The number of carbonyl (C=O) groups is 1.